The van der Waals surface area contributed by atoms with Gasteiger partial charge in [-0.3, -0.25) is 4.79 Å². The quantitative estimate of drug-likeness (QED) is 0.819. The molecule has 0 spiro atoms. The molecule has 0 bridgehead atoms. The number of amides is 1. The summed E-state index contributed by atoms with van der Waals surface area (Å²) in [6, 6.07) is 18.8. The number of rotatable bonds is 2. The smallest absolute Gasteiger partial charge is 0.237 e. The highest BCUT2D eigenvalue weighted by Crippen LogP contribution is 2.51. The predicted molar refractivity (Wildman–Crippen MR) is 84.4 cm³/mol. The van der Waals surface area contributed by atoms with Crippen LogP contribution in [0.4, 0.5) is 5.69 Å². The number of carbonyl (C=O) groups is 1. The second-order valence-corrected chi connectivity index (χ2v) is 6.31. The van der Waals surface area contributed by atoms with E-state index in [1.807, 2.05) is 29.2 Å². The van der Waals surface area contributed by atoms with Gasteiger partial charge in [0.15, 0.2) is 0 Å². The topological polar surface area (TPSA) is 20.3 Å². The van der Waals surface area contributed by atoms with Crippen molar-refractivity contribution in [3.05, 3.63) is 65.7 Å². The lowest BCUT2D eigenvalue weighted by atomic mass is 9.94. The fraction of sp³-hybridized carbons (Fsp3) is 0.316. The second kappa shape index (κ2) is 4.45. The first-order valence-corrected chi connectivity index (χ1v) is 7.69. The van der Waals surface area contributed by atoms with Crippen LogP contribution in [0.3, 0.4) is 0 Å². The molecule has 1 unspecified atom stereocenters. The molecule has 1 saturated carbocycles. The minimum atomic E-state index is -0.271. The van der Waals surface area contributed by atoms with Crippen molar-refractivity contribution < 1.29 is 4.79 Å². The van der Waals surface area contributed by atoms with Crippen molar-refractivity contribution in [2.24, 2.45) is 0 Å². The molecule has 0 saturated heterocycles. The minimum Gasteiger partial charge on any atom is -0.308 e. The van der Waals surface area contributed by atoms with Crippen molar-refractivity contribution in [3.8, 4) is 0 Å². The van der Waals surface area contributed by atoms with Crippen molar-refractivity contribution in [1.29, 1.82) is 0 Å². The van der Waals surface area contributed by atoms with E-state index in [1.54, 1.807) is 0 Å². The maximum atomic E-state index is 13.2. The van der Waals surface area contributed by atoms with Crippen molar-refractivity contribution in [2.45, 2.75) is 37.6 Å². The monoisotopic (exact) mass is 277 g/mol. The average Bonchev–Trinajstić information content (AvgIpc) is 3.25. The molecule has 1 aliphatic carbocycles. The van der Waals surface area contributed by atoms with Crippen LogP contribution in [0.1, 0.15) is 30.9 Å². The molecule has 2 aromatic carbocycles. The number of hydrogen-bond acceptors (Lipinski definition) is 1. The molecule has 2 heteroatoms. The van der Waals surface area contributed by atoms with E-state index in [-0.39, 0.29) is 17.4 Å². The largest absolute Gasteiger partial charge is 0.308 e. The van der Waals surface area contributed by atoms with Crippen molar-refractivity contribution in [3.63, 3.8) is 0 Å². The molecule has 106 valence electrons. The van der Waals surface area contributed by atoms with Crippen LogP contribution in [0.5, 0.6) is 0 Å². The molecule has 1 amide bonds. The van der Waals surface area contributed by atoms with Gasteiger partial charge in [0, 0.05) is 11.7 Å². The Hall–Kier alpha value is -2.09. The van der Waals surface area contributed by atoms with E-state index in [9.17, 15) is 4.79 Å². The van der Waals surface area contributed by atoms with Crippen LogP contribution in [0.25, 0.3) is 0 Å². The molecule has 1 atom stereocenters. The minimum absolute atomic E-state index is 0.260. The highest BCUT2D eigenvalue weighted by molar-refractivity contribution is 6.05. The Kier molecular flexibility index (Phi) is 2.68. The molecule has 21 heavy (non-hydrogen) atoms. The van der Waals surface area contributed by atoms with E-state index < -0.39 is 0 Å². The molecule has 2 aromatic rings. The zero-order chi connectivity index (χ0) is 14.4. The van der Waals surface area contributed by atoms with Gasteiger partial charge in [0.1, 0.15) is 0 Å². The molecule has 1 aliphatic heterocycles. The summed E-state index contributed by atoms with van der Waals surface area (Å²) in [5.74, 6) is 0.283. The molecule has 1 fully saturated rings. The summed E-state index contributed by atoms with van der Waals surface area (Å²) in [5.41, 5.74) is 3.30. The van der Waals surface area contributed by atoms with Crippen LogP contribution in [0, 0.1) is 0 Å². The van der Waals surface area contributed by atoms with Gasteiger partial charge in [-0.05, 0) is 43.4 Å². The molecule has 2 nitrogen and oxygen atoms in total. The van der Waals surface area contributed by atoms with E-state index >= 15 is 0 Å². The first-order valence-electron chi connectivity index (χ1n) is 7.69. The molecular formula is C19H19NO. The van der Waals surface area contributed by atoms with E-state index in [1.165, 1.54) is 11.1 Å². The van der Waals surface area contributed by atoms with Gasteiger partial charge in [0.25, 0.3) is 0 Å². The van der Waals surface area contributed by atoms with E-state index in [2.05, 4.69) is 37.3 Å². The van der Waals surface area contributed by atoms with Crippen LogP contribution in [0.15, 0.2) is 54.6 Å². The standard InChI is InChI=1S/C19H19NO/c1-14-13-15-7-5-6-10-17(15)20(14)18(21)19(11-12-19)16-8-3-2-4-9-16/h2-10,14H,11-13H2,1H3. The van der Waals surface area contributed by atoms with Gasteiger partial charge in [0.2, 0.25) is 5.91 Å². The first-order chi connectivity index (χ1) is 10.2. The third kappa shape index (κ3) is 1.82. The zero-order valence-electron chi connectivity index (χ0n) is 12.3. The lowest BCUT2D eigenvalue weighted by Gasteiger charge is -2.28. The summed E-state index contributed by atoms with van der Waals surface area (Å²) in [7, 11) is 0. The average molecular weight is 277 g/mol. The predicted octanol–water partition coefficient (Wildman–Crippen LogP) is 3.70. The summed E-state index contributed by atoms with van der Waals surface area (Å²) >= 11 is 0. The number of nitrogens with zero attached hydrogens (tertiary/aromatic N) is 1. The van der Waals surface area contributed by atoms with Crippen LogP contribution in [-0.4, -0.2) is 11.9 Å². The lowest BCUT2D eigenvalue weighted by Crippen LogP contribution is -2.42. The maximum Gasteiger partial charge on any atom is 0.237 e. The second-order valence-electron chi connectivity index (χ2n) is 6.31. The summed E-state index contributed by atoms with van der Waals surface area (Å²) in [5, 5.41) is 0. The highest BCUT2D eigenvalue weighted by atomic mass is 16.2. The summed E-state index contributed by atoms with van der Waals surface area (Å²) in [4.78, 5) is 15.3. The third-order valence-electron chi connectivity index (χ3n) is 4.91. The molecule has 0 N–H and O–H groups in total. The molecule has 0 radical (unpaired) electrons. The van der Waals surface area contributed by atoms with Gasteiger partial charge in [-0.1, -0.05) is 48.5 Å². The Morgan fingerprint density at radius 3 is 2.43 bits per heavy atom. The van der Waals surface area contributed by atoms with Crippen LogP contribution < -0.4 is 4.90 Å². The Morgan fingerprint density at radius 1 is 1.05 bits per heavy atom. The normalized spacial score (nSPS) is 22.0. The maximum absolute atomic E-state index is 13.2. The fourth-order valence-corrected chi connectivity index (χ4v) is 3.61. The van der Waals surface area contributed by atoms with Crippen molar-refractivity contribution in [2.75, 3.05) is 4.90 Å². The zero-order valence-corrected chi connectivity index (χ0v) is 12.3. The van der Waals surface area contributed by atoms with E-state index in [0.29, 0.717) is 0 Å². The first kappa shape index (κ1) is 12.6. The van der Waals surface area contributed by atoms with Gasteiger partial charge < -0.3 is 4.90 Å². The van der Waals surface area contributed by atoms with Gasteiger partial charge in [-0.2, -0.15) is 0 Å². The number of benzene rings is 2. The molecule has 0 aromatic heterocycles. The van der Waals surface area contributed by atoms with Crippen molar-refractivity contribution in [1.82, 2.24) is 0 Å². The highest BCUT2D eigenvalue weighted by Gasteiger charge is 2.54. The summed E-state index contributed by atoms with van der Waals surface area (Å²) in [6.07, 6.45) is 2.91. The Bertz CT molecular complexity index is 688. The molecule has 2 aliphatic rings. The fourth-order valence-electron chi connectivity index (χ4n) is 3.61. The number of fused-ring (bicyclic) bond motifs is 1. The van der Waals surface area contributed by atoms with Gasteiger partial charge in [-0.15, -0.1) is 0 Å². The Labute approximate surface area is 125 Å². The Morgan fingerprint density at radius 2 is 1.71 bits per heavy atom. The number of hydrogen-bond donors (Lipinski definition) is 0. The summed E-state index contributed by atoms with van der Waals surface area (Å²) < 4.78 is 0. The van der Waals surface area contributed by atoms with E-state index in [0.717, 1.165) is 24.9 Å². The Balaban J connectivity index is 1.73. The number of anilines is 1. The van der Waals surface area contributed by atoms with Crippen molar-refractivity contribution >= 4 is 11.6 Å². The summed E-state index contributed by atoms with van der Waals surface area (Å²) in [6.45, 7) is 2.15. The van der Waals surface area contributed by atoms with E-state index in [4.69, 9.17) is 0 Å². The van der Waals surface area contributed by atoms with Gasteiger partial charge in [0.05, 0.1) is 5.41 Å². The van der Waals surface area contributed by atoms with Gasteiger partial charge >= 0.3 is 0 Å². The van der Waals surface area contributed by atoms with Gasteiger partial charge in [-0.25, -0.2) is 0 Å². The van der Waals surface area contributed by atoms with Crippen LogP contribution in [-0.2, 0) is 16.6 Å². The molecule has 4 rings (SSSR count). The SMILES string of the molecule is CC1Cc2ccccc2N1C(=O)C1(c2ccccc2)CC1. The molecule has 1 heterocycles. The van der Waals surface area contributed by atoms with Crippen LogP contribution in [0.2, 0.25) is 0 Å². The van der Waals surface area contributed by atoms with Crippen LogP contribution >= 0.6 is 0 Å². The number of para-hydroxylation sites is 1. The lowest BCUT2D eigenvalue weighted by molar-refractivity contribution is -0.121. The third-order valence-corrected chi connectivity index (χ3v) is 4.91. The number of carbonyl (C=O) groups excluding carboxylic acids is 1. The molecular weight excluding hydrogens is 258 g/mol.